The van der Waals surface area contributed by atoms with Crippen molar-refractivity contribution in [2.24, 2.45) is 0 Å². The number of halogens is 1. The van der Waals surface area contributed by atoms with Gasteiger partial charge in [-0.2, -0.15) is 0 Å². The molecule has 0 aliphatic heterocycles. The van der Waals surface area contributed by atoms with E-state index in [2.05, 4.69) is 15.3 Å². The van der Waals surface area contributed by atoms with Crippen molar-refractivity contribution in [3.8, 4) is 11.3 Å². The maximum atomic E-state index is 12.2. The highest BCUT2D eigenvalue weighted by Gasteiger charge is 2.15. The van der Waals surface area contributed by atoms with Crippen molar-refractivity contribution in [3.63, 3.8) is 0 Å². The van der Waals surface area contributed by atoms with E-state index in [1.165, 1.54) is 19.5 Å². The fourth-order valence-electron chi connectivity index (χ4n) is 2.69. The maximum Gasteiger partial charge on any atom is 0.411 e. The van der Waals surface area contributed by atoms with E-state index in [-0.39, 0.29) is 11.7 Å². The number of benzene rings is 1. The lowest BCUT2D eigenvalue weighted by atomic mass is 10.1. The Morgan fingerprint density at radius 1 is 1.28 bits per heavy atom. The van der Waals surface area contributed by atoms with Crippen LogP contribution in [-0.4, -0.2) is 38.5 Å². The number of carbonyl (C=O) groups excluding carboxylic acids is 1. The molecule has 0 fully saturated rings. The van der Waals surface area contributed by atoms with Crippen LogP contribution in [0.25, 0.3) is 17.0 Å². The zero-order valence-electron chi connectivity index (χ0n) is 15.0. The quantitative estimate of drug-likeness (QED) is 0.524. The van der Waals surface area contributed by atoms with Crippen molar-refractivity contribution in [1.82, 2.24) is 14.4 Å². The average molecular weight is 412 g/mol. The molecule has 0 radical (unpaired) electrons. The lowest BCUT2D eigenvalue weighted by Gasteiger charge is -2.11. The Morgan fingerprint density at radius 2 is 2.10 bits per heavy atom. The van der Waals surface area contributed by atoms with E-state index in [9.17, 15) is 9.59 Å². The number of nitrogens with one attached hydrogen (secondary N) is 1. The molecule has 0 spiro atoms. The van der Waals surface area contributed by atoms with Crippen molar-refractivity contribution in [2.75, 3.05) is 17.3 Å². The molecule has 4 aromatic rings. The van der Waals surface area contributed by atoms with Gasteiger partial charge in [-0.3, -0.25) is 14.1 Å². The summed E-state index contributed by atoms with van der Waals surface area (Å²) in [5, 5.41) is 12.3. The topological polar surface area (TPSA) is 113 Å². The van der Waals surface area contributed by atoms with Gasteiger partial charge in [0.25, 0.3) is 5.91 Å². The van der Waals surface area contributed by atoms with E-state index < -0.39 is 6.09 Å². The molecular formula is C19H14ClN5O4. The molecule has 9 nitrogen and oxygen atoms in total. The number of nitrogens with zero attached hydrogens (tertiary/aromatic N) is 4. The van der Waals surface area contributed by atoms with Crippen molar-refractivity contribution in [3.05, 3.63) is 66.0 Å². The van der Waals surface area contributed by atoms with Crippen molar-refractivity contribution in [2.45, 2.75) is 0 Å². The summed E-state index contributed by atoms with van der Waals surface area (Å²) in [5.41, 5.74) is 2.01. The molecule has 0 saturated carbocycles. The minimum atomic E-state index is -1.10. The lowest BCUT2D eigenvalue weighted by Crippen LogP contribution is -2.24. The first kappa shape index (κ1) is 18.5. The van der Waals surface area contributed by atoms with Crippen molar-refractivity contribution in [1.29, 1.82) is 0 Å². The SMILES string of the molecule is CN(C(=O)O)c1cnc2nc(-c3cc(NC(=O)c4ccco4)ccc3Cl)cn2c1. The second kappa shape index (κ2) is 7.28. The second-order valence-electron chi connectivity index (χ2n) is 6.11. The molecule has 3 heterocycles. The zero-order chi connectivity index (χ0) is 20.5. The third-order valence-electron chi connectivity index (χ3n) is 4.22. The van der Waals surface area contributed by atoms with Gasteiger partial charge in [-0.1, -0.05) is 11.6 Å². The second-order valence-corrected chi connectivity index (χ2v) is 6.52. The van der Waals surface area contributed by atoms with Gasteiger partial charge in [0.15, 0.2) is 5.76 Å². The molecule has 0 unspecified atom stereocenters. The third-order valence-corrected chi connectivity index (χ3v) is 4.55. The van der Waals surface area contributed by atoms with E-state index in [0.29, 0.717) is 33.4 Å². The average Bonchev–Trinajstić information content (AvgIpc) is 3.38. The summed E-state index contributed by atoms with van der Waals surface area (Å²) in [6, 6.07) is 8.19. The van der Waals surface area contributed by atoms with E-state index in [1.54, 1.807) is 47.1 Å². The first-order chi connectivity index (χ1) is 13.9. The number of fused-ring (bicyclic) bond motifs is 1. The highest BCUT2D eigenvalue weighted by atomic mass is 35.5. The predicted molar refractivity (Wildman–Crippen MR) is 107 cm³/mol. The van der Waals surface area contributed by atoms with Crippen molar-refractivity contribution >= 4 is 40.8 Å². The molecule has 3 aromatic heterocycles. The number of carbonyl (C=O) groups is 2. The Balaban J connectivity index is 1.67. The molecule has 0 atom stereocenters. The summed E-state index contributed by atoms with van der Waals surface area (Å²) in [6.07, 6.45) is 5.02. The Labute approximate surface area is 169 Å². The van der Waals surface area contributed by atoms with Crippen LogP contribution in [-0.2, 0) is 0 Å². The summed E-state index contributed by atoms with van der Waals surface area (Å²) >= 11 is 6.33. The van der Waals surface area contributed by atoms with Gasteiger partial charge in [-0.15, -0.1) is 0 Å². The fourth-order valence-corrected chi connectivity index (χ4v) is 2.90. The summed E-state index contributed by atoms with van der Waals surface area (Å²) < 4.78 is 6.69. The van der Waals surface area contributed by atoms with E-state index in [1.807, 2.05) is 0 Å². The fraction of sp³-hybridized carbons (Fsp3) is 0.0526. The smallest absolute Gasteiger partial charge is 0.411 e. The van der Waals surface area contributed by atoms with Gasteiger partial charge in [0, 0.05) is 30.7 Å². The van der Waals surface area contributed by atoms with E-state index in [4.69, 9.17) is 21.1 Å². The molecule has 0 aliphatic carbocycles. The van der Waals surface area contributed by atoms with Crippen LogP contribution in [0.1, 0.15) is 10.6 Å². The summed E-state index contributed by atoms with van der Waals surface area (Å²) in [7, 11) is 1.42. The molecule has 0 aliphatic rings. The van der Waals surface area contributed by atoms with Gasteiger partial charge in [0.1, 0.15) is 0 Å². The number of rotatable bonds is 4. The number of aromatic nitrogens is 3. The number of anilines is 2. The first-order valence-corrected chi connectivity index (χ1v) is 8.76. The van der Waals surface area contributed by atoms with Gasteiger partial charge in [-0.25, -0.2) is 14.8 Å². The normalized spacial score (nSPS) is 10.8. The Morgan fingerprint density at radius 3 is 2.83 bits per heavy atom. The van der Waals surface area contributed by atoms with Crippen LogP contribution < -0.4 is 10.2 Å². The molecule has 2 amide bonds. The monoisotopic (exact) mass is 411 g/mol. The largest absolute Gasteiger partial charge is 0.465 e. The molecule has 10 heteroatoms. The minimum Gasteiger partial charge on any atom is -0.465 e. The first-order valence-electron chi connectivity index (χ1n) is 8.38. The molecule has 0 bridgehead atoms. The number of amides is 2. The highest BCUT2D eigenvalue weighted by Crippen LogP contribution is 2.30. The van der Waals surface area contributed by atoms with Gasteiger partial charge in [0.05, 0.1) is 28.9 Å². The van der Waals surface area contributed by atoms with Crippen LogP contribution >= 0.6 is 11.6 Å². The van der Waals surface area contributed by atoms with Crippen LogP contribution in [0.4, 0.5) is 16.2 Å². The van der Waals surface area contributed by atoms with Crippen LogP contribution in [0.5, 0.6) is 0 Å². The van der Waals surface area contributed by atoms with Crippen molar-refractivity contribution < 1.29 is 19.1 Å². The molecule has 0 saturated heterocycles. The van der Waals surface area contributed by atoms with E-state index >= 15 is 0 Å². The van der Waals surface area contributed by atoms with Crippen LogP contribution in [0.2, 0.25) is 5.02 Å². The standard InChI is InChI=1S/C19H14ClN5O4/c1-24(19(27)28)12-8-21-18-23-15(10-25(18)9-12)13-7-11(4-5-14(13)20)22-17(26)16-3-2-6-29-16/h2-10H,1H3,(H,22,26)(H,27,28). The summed E-state index contributed by atoms with van der Waals surface area (Å²) in [5.74, 6) is 0.179. The third kappa shape index (κ3) is 3.63. The molecular weight excluding hydrogens is 398 g/mol. The molecule has 1 aromatic carbocycles. The van der Waals surface area contributed by atoms with Gasteiger partial charge in [0.2, 0.25) is 5.78 Å². The lowest BCUT2D eigenvalue weighted by molar-refractivity contribution is 0.0996. The molecule has 4 rings (SSSR count). The van der Waals surface area contributed by atoms with Gasteiger partial charge >= 0.3 is 6.09 Å². The van der Waals surface area contributed by atoms with Crippen LogP contribution in [0.15, 0.2) is 59.6 Å². The molecule has 2 N–H and O–H groups in total. The summed E-state index contributed by atoms with van der Waals surface area (Å²) in [4.78, 5) is 33.0. The Kier molecular flexibility index (Phi) is 4.65. The van der Waals surface area contributed by atoms with E-state index in [0.717, 1.165) is 4.90 Å². The summed E-state index contributed by atoms with van der Waals surface area (Å²) in [6.45, 7) is 0. The minimum absolute atomic E-state index is 0.188. The predicted octanol–water partition coefficient (Wildman–Crippen LogP) is 4.01. The Hall–Kier alpha value is -3.85. The Bertz CT molecular complexity index is 1220. The highest BCUT2D eigenvalue weighted by molar-refractivity contribution is 6.33. The van der Waals surface area contributed by atoms with Gasteiger partial charge < -0.3 is 14.8 Å². The van der Waals surface area contributed by atoms with Crippen LogP contribution in [0, 0.1) is 0 Å². The zero-order valence-corrected chi connectivity index (χ0v) is 15.8. The number of hydrogen-bond acceptors (Lipinski definition) is 5. The molecule has 146 valence electrons. The molecule has 29 heavy (non-hydrogen) atoms. The van der Waals surface area contributed by atoms with Crippen LogP contribution in [0.3, 0.4) is 0 Å². The van der Waals surface area contributed by atoms with Gasteiger partial charge in [-0.05, 0) is 30.3 Å². The number of imidazole rings is 1. The number of furan rings is 1. The number of carboxylic acid groups (broad SMARTS) is 1. The number of hydrogen-bond donors (Lipinski definition) is 2. The maximum absolute atomic E-state index is 12.2.